The lowest BCUT2D eigenvalue weighted by Crippen LogP contribution is -2.58. The number of benzene rings is 1. The van der Waals surface area contributed by atoms with E-state index in [9.17, 15) is 35.8 Å². The van der Waals surface area contributed by atoms with Crippen LogP contribution in [0.3, 0.4) is 0 Å². The average Bonchev–Trinajstić information content (AvgIpc) is 2.36. The highest BCUT2D eigenvalue weighted by atomic mass is 19.4. The number of hydrogen-bond donors (Lipinski definition) is 1. The first-order chi connectivity index (χ1) is 8.93. The minimum Gasteiger partial charge on any atom is -0.386 e. The summed E-state index contributed by atoms with van der Waals surface area (Å²) in [4.78, 5) is 0. The maximum absolute atomic E-state index is 13.3. The van der Waals surface area contributed by atoms with Crippen LogP contribution in [0.5, 0.6) is 0 Å². The summed E-state index contributed by atoms with van der Waals surface area (Å²) in [5.41, 5.74) is 0.0256. The van der Waals surface area contributed by atoms with Crippen LogP contribution in [-0.4, -0.2) is 29.2 Å². The Balaban J connectivity index is 3.09. The lowest BCUT2D eigenvalue weighted by atomic mass is 9.89. The van der Waals surface area contributed by atoms with E-state index in [1.807, 2.05) is 0 Å². The molecule has 0 aliphatic carbocycles. The molecule has 0 aliphatic heterocycles. The molecule has 0 amide bonds. The Bertz CT molecular complexity index is 441. The van der Waals surface area contributed by atoms with Crippen LogP contribution in [0.1, 0.15) is 18.4 Å². The maximum atomic E-state index is 13.3. The predicted molar refractivity (Wildman–Crippen MR) is 56.8 cm³/mol. The Morgan fingerprint density at radius 2 is 1.35 bits per heavy atom. The molecule has 0 fully saturated rings. The molecule has 1 N–H and O–H groups in total. The Morgan fingerprint density at radius 3 is 1.75 bits per heavy atom. The monoisotopic (exact) mass is 304 g/mol. The number of halogens is 7. The molecule has 8 heteroatoms. The molecule has 20 heavy (non-hydrogen) atoms. The van der Waals surface area contributed by atoms with Gasteiger partial charge in [0.05, 0.1) is 0 Å². The van der Waals surface area contributed by atoms with Gasteiger partial charge in [0.2, 0.25) is 0 Å². The van der Waals surface area contributed by atoms with E-state index in [2.05, 4.69) is 0 Å². The number of hydrogen-bond acceptors (Lipinski definition) is 1. The minimum absolute atomic E-state index is 0.0256. The van der Waals surface area contributed by atoms with Crippen molar-refractivity contribution in [2.75, 3.05) is 0 Å². The van der Waals surface area contributed by atoms with E-state index in [1.54, 1.807) is 0 Å². The van der Waals surface area contributed by atoms with E-state index in [1.165, 1.54) is 30.3 Å². The molecule has 0 aromatic heterocycles. The second-order valence-corrected chi connectivity index (χ2v) is 4.34. The summed E-state index contributed by atoms with van der Waals surface area (Å²) in [5, 5.41) is 9.27. The normalized spacial score (nSPS) is 16.9. The number of rotatable bonds is 4. The first-order valence-electron chi connectivity index (χ1n) is 5.48. The Labute approximate surface area is 110 Å². The van der Waals surface area contributed by atoms with Crippen LogP contribution >= 0.6 is 0 Å². The molecular weight excluding hydrogens is 293 g/mol. The van der Waals surface area contributed by atoms with Crippen LogP contribution in [0.25, 0.3) is 0 Å². The molecule has 0 heterocycles. The third kappa shape index (κ3) is 2.74. The maximum Gasteiger partial charge on any atom is 0.459 e. The van der Waals surface area contributed by atoms with Gasteiger partial charge in [0.25, 0.3) is 0 Å². The van der Waals surface area contributed by atoms with Crippen molar-refractivity contribution in [3.63, 3.8) is 0 Å². The highest BCUT2D eigenvalue weighted by Crippen LogP contribution is 2.50. The first kappa shape index (κ1) is 16.7. The summed E-state index contributed by atoms with van der Waals surface area (Å²) in [6, 6.07) is 6.77. The SMILES string of the molecule is CC(c1ccccc1)C(O)C(F)(F)C(F)(F)C(F)(F)F. The lowest BCUT2D eigenvalue weighted by Gasteiger charge is -2.34. The molecule has 0 spiro atoms. The largest absolute Gasteiger partial charge is 0.459 e. The van der Waals surface area contributed by atoms with E-state index in [-0.39, 0.29) is 5.56 Å². The molecule has 1 rings (SSSR count). The molecule has 1 aromatic carbocycles. The zero-order valence-corrected chi connectivity index (χ0v) is 10.1. The quantitative estimate of drug-likeness (QED) is 0.834. The van der Waals surface area contributed by atoms with Crippen molar-refractivity contribution in [3.05, 3.63) is 35.9 Å². The van der Waals surface area contributed by atoms with Crippen molar-refractivity contribution in [2.45, 2.75) is 37.0 Å². The Morgan fingerprint density at radius 1 is 0.900 bits per heavy atom. The minimum atomic E-state index is -6.45. The van der Waals surface area contributed by atoms with Crippen molar-refractivity contribution in [1.29, 1.82) is 0 Å². The molecule has 2 atom stereocenters. The zero-order chi connectivity index (χ0) is 15.8. The van der Waals surface area contributed by atoms with Gasteiger partial charge in [-0.1, -0.05) is 37.3 Å². The van der Waals surface area contributed by atoms with Gasteiger partial charge in [-0.2, -0.15) is 30.7 Å². The number of aliphatic hydroxyl groups is 1. The van der Waals surface area contributed by atoms with E-state index < -0.39 is 30.0 Å². The van der Waals surface area contributed by atoms with Crippen LogP contribution in [0, 0.1) is 0 Å². The van der Waals surface area contributed by atoms with Crippen molar-refractivity contribution >= 4 is 0 Å². The van der Waals surface area contributed by atoms with Gasteiger partial charge in [-0.3, -0.25) is 0 Å². The molecule has 114 valence electrons. The van der Waals surface area contributed by atoms with E-state index >= 15 is 0 Å². The van der Waals surface area contributed by atoms with Gasteiger partial charge in [-0.05, 0) is 5.56 Å². The van der Waals surface area contributed by atoms with Crippen LogP contribution in [-0.2, 0) is 0 Å². The molecular formula is C12H11F7O. The molecule has 0 saturated carbocycles. The van der Waals surface area contributed by atoms with Crippen LogP contribution in [0.2, 0.25) is 0 Å². The Hall–Kier alpha value is -1.31. The van der Waals surface area contributed by atoms with Crippen LogP contribution in [0.4, 0.5) is 30.7 Å². The molecule has 0 aliphatic rings. The third-order valence-electron chi connectivity index (χ3n) is 2.95. The van der Waals surface area contributed by atoms with Gasteiger partial charge in [0, 0.05) is 5.92 Å². The Kier molecular flexibility index (Phi) is 4.38. The summed E-state index contributed by atoms with van der Waals surface area (Å²) in [5.74, 6) is -13.6. The second-order valence-electron chi connectivity index (χ2n) is 4.34. The van der Waals surface area contributed by atoms with Gasteiger partial charge < -0.3 is 5.11 Å². The van der Waals surface area contributed by atoms with Gasteiger partial charge in [-0.15, -0.1) is 0 Å². The number of aliphatic hydroxyl groups excluding tert-OH is 1. The predicted octanol–water partition coefficient (Wildman–Crippen LogP) is 3.98. The topological polar surface area (TPSA) is 20.2 Å². The standard InChI is InChI=1S/C12H11F7O/c1-7(8-5-3-2-4-6-8)9(20)10(13,14)11(15,16)12(17,18)19/h2-7,9,20H,1H3. The summed E-state index contributed by atoms with van der Waals surface area (Å²) < 4.78 is 88.3. The smallest absolute Gasteiger partial charge is 0.386 e. The van der Waals surface area contributed by atoms with E-state index in [4.69, 9.17) is 0 Å². The molecule has 0 saturated heterocycles. The second kappa shape index (κ2) is 5.23. The lowest BCUT2D eigenvalue weighted by molar-refractivity contribution is -0.372. The highest BCUT2D eigenvalue weighted by Gasteiger charge is 2.75. The first-order valence-corrected chi connectivity index (χ1v) is 5.48. The van der Waals surface area contributed by atoms with Gasteiger partial charge in [0.15, 0.2) is 0 Å². The summed E-state index contributed by atoms with van der Waals surface area (Å²) in [7, 11) is 0. The van der Waals surface area contributed by atoms with Gasteiger partial charge in [-0.25, -0.2) is 0 Å². The van der Waals surface area contributed by atoms with Gasteiger partial charge >= 0.3 is 18.0 Å². The molecule has 1 aromatic rings. The van der Waals surface area contributed by atoms with Crippen molar-refractivity contribution in [1.82, 2.24) is 0 Å². The van der Waals surface area contributed by atoms with Crippen molar-refractivity contribution in [3.8, 4) is 0 Å². The van der Waals surface area contributed by atoms with Crippen molar-refractivity contribution < 1.29 is 35.8 Å². The fourth-order valence-electron chi connectivity index (χ4n) is 1.63. The summed E-state index contributed by atoms with van der Waals surface area (Å²) >= 11 is 0. The fourth-order valence-corrected chi connectivity index (χ4v) is 1.63. The molecule has 2 unspecified atom stereocenters. The van der Waals surface area contributed by atoms with Crippen molar-refractivity contribution in [2.24, 2.45) is 0 Å². The van der Waals surface area contributed by atoms with E-state index in [0.29, 0.717) is 0 Å². The molecule has 1 nitrogen and oxygen atoms in total. The van der Waals surface area contributed by atoms with E-state index in [0.717, 1.165) is 6.92 Å². The zero-order valence-electron chi connectivity index (χ0n) is 10.1. The van der Waals surface area contributed by atoms with Crippen LogP contribution in [0.15, 0.2) is 30.3 Å². The molecule has 0 bridgehead atoms. The average molecular weight is 304 g/mol. The molecule has 0 radical (unpaired) electrons. The van der Waals surface area contributed by atoms with Gasteiger partial charge in [0.1, 0.15) is 6.10 Å². The summed E-state index contributed by atoms with van der Waals surface area (Å²) in [6.07, 6.45) is -9.63. The summed E-state index contributed by atoms with van der Waals surface area (Å²) in [6.45, 7) is 0.945. The fraction of sp³-hybridized carbons (Fsp3) is 0.500. The highest BCUT2D eigenvalue weighted by molar-refractivity contribution is 5.21. The number of alkyl halides is 7. The third-order valence-corrected chi connectivity index (χ3v) is 2.95. The van der Waals surface area contributed by atoms with Crippen LogP contribution < -0.4 is 0 Å².